The van der Waals surface area contributed by atoms with E-state index in [1.54, 1.807) is 0 Å². The van der Waals surface area contributed by atoms with E-state index in [9.17, 15) is 0 Å². The first-order valence-electron chi connectivity index (χ1n) is 2.55. The predicted octanol–water partition coefficient (Wildman–Crippen LogP) is 1.78. The van der Waals surface area contributed by atoms with Crippen molar-refractivity contribution in [3.8, 4) is 0 Å². The Balaban J connectivity index is 2.35. The van der Waals surface area contributed by atoms with Crippen LogP contribution in [0.4, 0.5) is 0 Å². The van der Waals surface area contributed by atoms with E-state index in [1.807, 2.05) is 0 Å². The highest BCUT2D eigenvalue weighted by Crippen LogP contribution is 2.10. The van der Waals surface area contributed by atoms with E-state index in [-0.39, 0.29) is 8.80 Å². The Morgan fingerprint density at radius 2 is 2.00 bits per heavy atom. The minimum absolute atomic E-state index is 0.0988. The molecule has 0 saturated heterocycles. The lowest BCUT2D eigenvalue weighted by molar-refractivity contribution is 1.71. The molecule has 1 heterocycles. The first-order chi connectivity index (χ1) is 3.43. The first-order valence-corrected chi connectivity index (χ1v) is 4.55. The lowest BCUT2D eigenvalue weighted by Gasteiger charge is -1.91. The summed E-state index contributed by atoms with van der Waals surface area (Å²) in [6.45, 7) is 3.75. The van der Waals surface area contributed by atoms with Crippen LogP contribution < -0.4 is 0 Å². The summed E-state index contributed by atoms with van der Waals surface area (Å²) in [7, 11) is -0.0988. The summed E-state index contributed by atoms with van der Waals surface area (Å²) >= 11 is 0. The minimum Gasteiger partial charge on any atom is -0.107 e. The normalized spacial score (nSPS) is 20.6. The van der Waals surface area contributed by atoms with Crippen LogP contribution >= 0.6 is 0 Å². The topological polar surface area (TPSA) is 0 Å². The second-order valence-electron chi connectivity index (χ2n) is 1.74. The van der Waals surface area contributed by atoms with Crippen LogP contribution in [-0.4, -0.2) is 8.80 Å². The monoisotopic (exact) mass is 109 g/mol. The Hall–Kier alpha value is -0.303. The second-order valence-corrected chi connectivity index (χ2v) is 4.28. The van der Waals surface area contributed by atoms with E-state index in [0.717, 1.165) is 0 Å². The fourth-order valence-electron chi connectivity index (χ4n) is 0.719. The maximum Gasteiger partial charge on any atom is 0.0828 e. The number of allylic oxidation sites excluding steroid dienone is 2. The highest BCUT2D eigenvalue weighted by molar-refractivity contribution is 6.65. The Morgan fingerprint density at radius 3 is 2.29 bits per heavy atom. The Kier molecular flexibility index (Phi) is 1.47. The van der Waals surface area contributed by atoms with Gasteiger partial charge in [-0.15, -0.1) is 12.3 Å². The third-order valence-electron chi connectivity index (χ3n) is 1.22. The lowest BCUT2D eigenvalue weighted by Crippen LogP contribution is -1.99. The van der Waals surface area contributed by atoms with Crippen molar-refractivity contribution in [1.82, 2.24) is 0 Å². The summed E-state index contributed by atoms with van der Waals surface area (Å²) in [6.07, 6.45) is 4.52. The number of hydrogen-bond acceptors (Lipinski definition) is 0. The van der Waals surface area contributed by atoms with Crippen molar-refractivity contribution in [3.05, 3.63) is 24.4 Å². The lowest BCUT2D eigenvalue weighted by atomic mass is 10.6. The summed E-state index contributed by atoms with van der Waals surface area (Å²) in [6, 6.07) is 2.63. The number of rotatable bonds is 1. The van der Waals surface area contributed by atoms with E-state index >= 15 is 0 Å². The van der Waals surface area contributed by atoms with Gasteiger partial charge >= 0.3 is 0 Å². The Bertz CT molecular complexity index is 86.4. The van der Waals surface area contributed by atoms with Crippen molar-refractivity contribution in [2.45, 2.75) is 12.1 Å². The molecule has 0 nitrogen and oxygen atoms in total. The molecule has 0 aromatic heterocycles. The molecule has 0 aromatic rings. The molecule has 1 rings (SSSR count). The van der Waals surface area contributed by atoms with Crippen molar-refractivity contribution in [2.24, 2.45) is 0 Å². The van der Waals surface area contributed by atoms with Gasteiger partial charge in [0.2, 0.25) is 0 Å². The van der Waals surface area contributed by atoms with Gasteiger partial charge in [-0.05, 0) is 12.1 Å². The van der Waals surface area contributed by atoms with Crippen LogP contribution in [-0.2, 0) is 0 Å². The Morgan fingerprint density at radius 1 is 1.43 bits per heavy atom. The fraction of sp³-hybridized carbons (Fsp3) is 0.333. The van der Waals surface area contributed by atoms with Gasteiger partial charge in [0.05, 0.1) is 8.80 Å². The molecule has 0 spiro atoms. The van der Waals surface area contributed by atoms with Gasteiger partial charge in [-0.25, -0.2) is 0 Å². The highest BCUT2D eigenvalue weighted by atomic mass is 28.3. The zero-order chi connectivity index (χ0) is 5.11. The summed E-state index contributed by atoms with van der Waals surface area (Å²) < 4.78 is 0. The van der Waals surface area contributed by atoms with Crippen LogP contribution in [0.2, 0.25) is 12.1 Å². The number of hydrogen-bond donors (Lipinski definition) is 0. The van der Waals surface area contributed by atoms with Gasteiger partial charge in [-0.1, -0.05) is 12.2 Å². The molecule has 37 valence electrons. The molecule has 0 aliphatic carbocycles. The van der Waals surface area contributed by atoms with Gasteiger partial charge in [0, 0.05) is 0 Å². The third-order valence-corrected chi connectivity index (χ3v) is 3.31. The summed E-state index contributed by atoms with van der Waals surface area (Å²) in [5, 5.41) is 0. The van der Waals surface area contributed by atoms with Crippen LogP contribution in [0.15, 0.2) is 24.4 Å². The van der Waals surface area contributed by atoms with Crippen LogP contribution in [0.3, 0.4) is 0 Å². The third kappa shape index (κ3) is 1.03. The maximum atomic E-state index is 3.75. The largest absolute Gasteiger partial charge is 0.107 e. The molecule has 1 aliphatic rings. The zero-order valence-corrected chi connectivity index (χ0v) is 5.35. The van der Waals surface area contributed by atoms with Crippen molar-refractivity contribution in [2.75, 3.05) is 0 Å². The van der Waals surface area contributed by atoms with Crippen molar-refractivity contribution in [3.63, 3.8) is 0 Å². The molecule has 0 bridgehead atoms. The molecule has 0 amide bonds. The van der Waals surface area contributed by atoms with Gasteiger partial charge in [0.1, 0.15) is 0 Å². The van der Waals surface area contributed by atoms with E-state index in [4.69, 9.17) is 0 Å². The molecule has 1 aliphatic heterocycles. The first kappa shape index (κ1) is 4.85. The predicted molar refractivity (Wildman–Crippen MR) is 34.7 cm³/mol. The van der Waals surface area contributed by atoms with Gasteiger partial charge < -0.3 is 0 Å². The Labute approximate surface area is 46.2 Å². The quantitative estimate of drug-likeness (QED) is 0.355. The standard InChI is InChI=1S/C6H9Si/c1-2-7-5-3-4-6-7/h2-4H,1,5-6H2. The summed E-state index contributed by atoms with van der Waals surface area (Å²) in [4.78, 5) is 0. The average Bonchev–Trinajstić information content (AvgIpc) is 2.14. The highest BCUT2D eigenvalue weighted by Gasteiger charge is 2.05. The van der Waals surface area contributed by atoms with E-state index in [2.05, 4.69) is 24.4 Å². The molecule has 7 heavy (non-hydrogen) atoms. The van der Waals surface area contributed by atoms with Crippen molar-refractivity contribution in [1.29, 1.82) is 0 Å². The van der Waals surface area contributed by atoms with Crippen LogP contribution in [0.1, 0.15) is 0 Å². The molecule has 0 fully saturated rings. The zero-order valence-electron chi connectivity index (χ0n) is 4.35. The van der Waals surface area contributed by atoms with Gasteiger partial charge in [0.15, 0.2) is 0 Å². The molecular formula is C6H9Si. The molecule has 0 N–H and O–H groups in total. The molecule has 1 heteroatoms. The van der Waals surface area contributed by atoms with Crippen LogP contribution in [0, 0.1) is 0 Å². The summed E-state index contributed by atoms with van der Waals surface area (Å²) in [5.74, 6) is 0. The minimum atomic E-state index is -0.0988. The van der Waals surface area contributed by atoms with Crippen LogP contribution in [0.25, 0.3) is 0 Å². The molecule has 0 unspecified atom stereocenters. The van der Waals surface area contributed by atoms with Crippen LogP contribution in [0.5, 0.6) is 0 Å². The molecule has 0 saturated carbocycles. The second kappa shape index (κ2) is 2.12. The molecular weight excluding hydrogens is 100 g/mol. The summed E-state index contributed by atoms with van der Waals surface area (Å²) in [5.41, 5.74) is 2.13. The SMILES string of the molecule is C=C[Si]1CC=CC1. The van der Waals surface area contributed by atoms with E-state index < -0.39 is 0 Å². The van der Waals surface area contributed by atoms with Crippen molar-refractivity contribution < 1.29 is 0 Å². The van der Waals surface area contributed by atoms with Gasteiger partial charge in [-0.3, -0.25) is 0 Å². The smallest absolute Gasteiger partial charge is 0.0828 e. The molecule has 0 aromatic carbocycles. The van der Waals surface area contributed by atoms with E-state index in [1.165, 1.54) is 12.1 Å². The van der Waals surface area contributed by atoms with E-state index in [0.29, 0.717) is 0 Å². The van der Waals surface area contributed by atoms with Gasteiger partial charge in [0.25, 0.3) is 0 Å². The van der Waals surface area contributed by atoms with Crippen molar-refractivity contribution >= 4 is 8.80 Å². The fourth-order valence-corrected chi connectivity index (χ4v) is 2.16. The molecule has 1 radical (unpaired) electrons. The molecule has 0 atom stereocenters. The van der Waals surface area contributed by atoms with Gasteiger partial charge in [-0.2, -0.15) is 0 Å². The maximum absolute atomic E-state index is 3.75. The average molecular weight is 109 g/mol.